The van der Waals surface area contributed by atoms with E-state index in [0.29, 0.717) is 5.92 Å². The minimum Gasteiger partial charge on any atom is -0.393 e. The van der Waals surface area contributed by atoms with Crippen LogP contribution in [-0.2, 0) is 0 Å². The Kier molecular flexibility index (Phi) is 5.51. The molecule has 0 radical (unpaired) electrons. The molecule has 3 heteroatoms. The number of nitrogens with one attached hydrogen (secondary N) is 2. The number of hydrogen-bond donors (Lipinski definition) is 2. The Hall–Kier alpha value is -0.730. The molecule has 0 saturated heterocycles. The van der Waals surface area contributed by atoms with Crippen molar-refractivity contribution >= 4 is 0 Å². The van der Waals surface area contributed by atoms with Crippen LogP contribution in [-0.4, -0.2) is 19.3 Å². The lowest BCUT2D eigenvalue weighted by atomic mass is 10.0. The molecule has 0 aromatic heterocycles. The molecular weight excluding hydrogens is 155 g/mol. The van der Waals surface area contributed by atoms with Crippen molar-refractivity contribution in [3.05, 3.63) is 12.4 Å². The van der Waals surface area contributed by atoms with Crippen molar-refractivity contribution in [2.75, 3.05) is 7.05 Å². The van der Waals surface area contributed by atoms with Crippen LogP contribution < -0.4 is 10.6 Å². The minimum absolute atomic E-state index is 0.102. The summed E-state index contributed by atoms with van der Waals surface area (Å²) in [5, 5.41) is 5.84. The Morgan fingerprint density at radius 3 is 2.08 bits per heavy atom. The predicted octanol–water partition coefficient (Wildman–Crippen LogP) is 1.65. The van der Waals surface area contributed by atoms with E-state index in [1.54, 1.807) is 26.4 Å². The Balaban J connectivity index is 3.88. The zero-order valence-corrected chi connectivity index (χ0v) is 8.26. The summed E-state index contributed by atoms with van der Waals surface area (Å²) in [6.07, 6.45) is 2.66. The highest BCUT2D eigenvalue weighted by Gasteiger charge is 2.17. The van der Waals surface area contributed by atoms with Crippen molar-refractivity contribution in [2.45, 2.75) is 33.0 Å². The molecule has 12 heavy (non-hydrogen) atoms. The average Bonchev–Trinajstić information content (AvgIpc) is 1.96. The van der Waals surface area contributed by atoms with E-state index in [4.69, 9.17) is 0 Å². The molecule has 1 unspecified atom stereocenters. The Morgan fingerprint density at radius 2 is 1.75 bits per heavy atom. The van der Waals surface area contributed by atoms with Crippen molar-refractivity contribution in [3.8, 4) is 0 Å². The molecular formula is C9H19FN2. The van der Waals surface area contributed by atoms with E-state index in [0.717, 1.165) is 0 Å². The number of hydrogen-bond acceptors (Lipinski definition) is 2. The zero-order valence-electron chi connectivity index (χ0n) is 8.26. The Bertz CT molecular complexity index is 124. The van der Waals surface area contributed by atoms with E-state index in [9.17, 15) is 4.39 Å². The third kappa shape index (κ3) is 4.21. The van der Waals surface area contributed by atoms with Gasteiger partial charge in [0.05, 0.1) is 6.04 Å². The topological polar surface area (TPSA) is 24.1 Å². The second-order valence-corrected chi connectivity index (χ2v) is 3.24. The van der Waals surface area contributed by atoms with Crippen molar-refractivity contribution < 1.29 is 4.39 Å². The summed E-state index contributed by atoms with van der Waals surface area (Å²) < 4.78 is 12.9. The van der Waals surface area contributed by atoms with Crippen molar-refractivity contribution in [1.82, 2.24) is 10.6 Å². The van der Waals surface area contributed by atoms with Crippen LogP contribution in [0, 0.1) is 5.92 Å². The SMILES string of the molecule is CN/C=C/N[C@H](C(C)C)C(C)F. The molecule has 0 aliphatic rings. The van der Waals surface area contributed by atoms with E-state index < -0.39 is 6.17 Å². The minimum atomic E-state index is -0.827. The highest BCUT2D eigenvalue weighted by atomic mass is 19.1. The first kappa shape index (κ1) is 11.3. The quantitative estimate of drug-likeness (QED) is 0.662. The van der Waals surface area contributed by atoms with Gasteiger partial charge in [-0.3, -0.25) is 0 Å². The van der Waals surface area contributed by atoms with Crippen LogP contribution in [0.2, 0.25) is 0 Å². The van der Waals surface area contributed by atoms with Gasteiger partial charge in [-0.25, -0.2) is 4.39 Å². The molecule has 0 heterocycles. The Morgan fingerprint density at radius 1 is 1.17 bits per heavy atom. The van der Waals surface area contributed by atoms with Gasteiger partial charge in [0.15, 0.2) is 0 Å². The third-order valence-corrected chi connectivity index (χ3v) is 1.75. The van der Waals surface area contributed by atoms with Gasteiger partial charge in [-0.15, -0.1) is 0 Å². The third-order valence-electron chi connectivity index (χ3n) is 1.75. The molecule has 0 saturated carbocycles. The summed E-state index contributed by atoms with van der Waals surface area (Å²) in [6, 6.07) is -0.102. The van der Waals surface area contributed by atoms with Gasteiger partial charge in [0.2, 0.25) is 0 Å². The van der Waals surface area contributed by atoms with Crippen LogP contribution in [0.3, 0.4) is 0 Å². The fourth-order valence-electron chi connectivity index (χ4n) is 1.10. The summed E-state index contributed by atoms with van der Waals surface area (Å²) in [6.45, 7) is 5.58. The molecule has 0 amide bonds. The fraction of sp³-hybridized carbons (Fsp3) is 0.778. The molecule has 0 fully saturated rings. The number of rotatable bonds is 5. The van der Waals surface area contributed by atoms with Crippen LogP contribution in [0.1, 0.15) is 20.8 Å². The second kappa shape index (κ2) is 5.86. The first-order valence-electron chi connectivity index (χ1n) is 4.32. The molecule has 0 aliphatic heterocycles. The standard InChI is InChI=1S/C9H19FN2/c1-7(2)9(8(3)10)12-6-5-11-4/h5-9,11-12H,1-4H3/b6-5+/t8?,9-/m1/s1. The molecule has 0 rings (SSSR count). The maximum Gasteiger partial charge on any atom is 0.118 e. The fourth-order valence-corrected chi connectivity index (χ4v) is 1.10. The first-order valence-corrected chi connectivity index (χ1v) is 4.32. The van der Waals surface area contributed by atoms with E-state index in [1.807, 2.05) is 13.8 Å². The van der Waals surface area contributed by atoms with Crippen LogP contribution in [0.5, 0.6) is 0 Å². The number of alkyl halides is 1. The van der Waals surface area contributed by atoms with E-state index in [1.165, 1.54) is 0 Å². The van der Waals surface area contributed by atoms with E-state index in [-0.39, 0.29) is 6.04 Å². The summed E-state index contributed by atoms with van der Waals surface area (Å²) in [7, 11) is 1.81. The molecule has 0 bridgehead atoms. The molecule has 2 N–H and O–H groups in total. The Labute approximate surface area is 74.2 Å². The molecule has 0 aliphatic carbocycles. The zero-order chi connectivity index (χ0) is 9.56. The van der Waals surface area contributed by atoms with Gasteiger partial charge < -0.3 is 10.6 Å². The van der Waals surface area contributed by atoms with Gasteiger partial charge in [-0.1, -0.05) is 13.8 Å². The normalized spacial score (nSPS) is 16.5. The smallest absolute Gasteiger partial charge is 0.118 e. The first-order chi connectivity index (χ1) is 5.59. The second-order valence-electron chi connectivity index (χ2n) is 3.24. The molecule has 0 aromatic carbocycles. The van der Waals surface area contributed by atoms with Crippen LogP contribution >= 0.6 is 0 Å². The maximum absolute atomic E-state index is 12.9. The van der Waals surface area contributed by atoms with Gasteiger partial charge in [-0.2, -0.15) is 0 Å². The summed E-state index contributed by atoms with van der Waals surface area (Å²) in [5.74, 6) is 0.298. The monoisotopic (exact) mass is 174 g/mol. The average molecular weight is 174 g/mol. The van der Waals surface area contributed by atoms with Gasteiger partial charge in [0.1, 0.15) is 6.17 Å². The van der Waals surface area contributed by atoms with Crippen molar-refractivity contribution in [1.29, 1.82) is 0 Å². The molecule has 72 valence electrons. The largest absolute Gasteiger partial charge is 0.393 e. The summed E-state index contributed by atoms with van der Waals surface area (Å²) >= 11 is 0. The highest BCUT2D eigenvalue weighted by Crippen LogP contribution is 2.08. The van der Waals surface area contributed by atoms with E-state index >= 15 is 0 Å². The van der Waals surface area contributed by atoms with Gasteiger partial charge in [-0.05, 0) is 12.8 Å². The lowest BCUT2D eigenvalue weighted by Gasteiger charge is -2.22. The maximum atomic E-state index is 12.9. The molecule has 2 nitrogen and oxygen atoms in total. The summed E-state index contributed by atoms with van der Waals surface area (Å²) in [5.41, 5.74) is 0. The summed E-state index contributed by atoms with van der Waals surface area (Å²) in [4.78, 5) is 0. The lowest BCUT2D eigenvalue weighted by molar-refractivity contribution is 0.239. The number of halogens is 1. The van der Waals surface area contributed by atoms with Crippen molar-refractivity contribution in [3.63, 3.8) is 0 Å². The highest BCUT2D eigenvalue weighted by molar-refractivity contribution is 4.84. The molecule has 0 spiro atoms. The van der Waals surface area contributed by atoms with E-state index in [2.05, 4.69) is 10.6 Å². The van der Waals surface area contributed by atoms with Crippen LogP contribution in [0.25, 0.3) is 0 Å². The van der Waals surface area contributed by atoms with Gasteiger partial charge in [0.25, 0.3) is 0 Å². The van der Waals surface area contributed by atoms with Crippen LogP contribution in [0.4, 0.5) is 4.39 Å². The lowest BCUT2D eigenvalue weighted by Crippen LogP contribution is -2.37. The van der Waals surface area contributed by atoms with Crippen LogP contribution in [0.15, 0.2) is 12.4 Å². The van der Waals surface area contributed by atoms with Gasteiger partial charge in [0, 0.05) is 19.4 Å². The van der Waals surface area contributed by atoms with Gasteiger partial charge >= 0.3 is 0 Å². The predicted molar refractivity (Wildman–Crippen MR) is 50.5 cm³/mol. The molecule has 2 atom stereocenters. The molecule has 0 aromatic rings. The van der Waals surface area contributed by atoms with Crippen molar-refractivity contribution in [2.24, 2.45) is 5.92 Å².